The summed E-state index contributed by atoms with van der Waals surface area (Å²) in [6.45, 7) is 4.24. The van der Waals surface area contributed by atoms with E-state index >= 15 is 0 Å². The molecule has 5 rings (SSSR count). The number of hydrogen-bond acceptors (Lipinski definition) is 5. The topological polar surface area (TPSA) is 51.9 Å². The molecule has 150 valence electrons. The Morgan fingerprint density at radius 2 is 2.00 bits per heavy atom. The van der Waals surface area contributed by atoms with Crippen molar-refractivity contribution in [1.82, 2.24) is 4.90 Å². The first-order valence-corrected chi connectivity index (χ1v) is 10.2. The van der Waals surface area contributed by atoms with E-state index in [-0.39, 0.29) is 5.63 Å². The lowest BCUT2D eigenvalue weighted by Gasteiger charge is -2.30. The number of rotatable bonds is 4. The largest absolute Gasteiger partial charge is 0.496 e. The molecule has 0 amide bonds. The van der Waals surface area contributed by atoms with Gasteiger partial charge in [-0.15, -0.1) is 0 Å². The van der Waals surface area contributed by atoms with Gasteiger partial charge in [0, 0.05) is 35.2 Å². The number of nitrogens with zero attached hydrogens (tertiary/aromatic N) is 1. The maximum absolute atomic E-state index is 12.3. The summed E-state index contributed by atoms with van der Waals surface area (Å²) in [5, 5.41) is 1.09. The summed E-state index contributed by atoms with van der Waals surface area (Å²) >= 11 is 0. The van der Waals surface area contributed by atoms with Gasteiger partial charge >= 0.3 is 5.63 Å². The maximum Gasteiger partial charge on any atom is 0.339 e. The molecule has 0 fully saturated rings. The summed E-state index contributed by atoms with van der Waals surface area (Å²) in [7, 11) is 1.71. The quantitative estimate of drug-likeness (QED) is 0.630. The average Bonchev–Trinajstić information content (AvgIpc) is 3.24. The van der Waals surface area contributed by atoms with Gasteiger partial charge in [0.2, 0.25) is 0 Å². The predicted molar refractivity (Wildman–Crippen MR) is 112 cm³/mol. The highest BCUT2D eigenvalue weighted by Gasteiger charge is 2.26. The van der Waals surface area contributed by atoms with E-state index in [0.717, 1.165) is 66.8 Å². The summed E-state index contributed by atoms with van der Waals surface area (Å²) in [6.07, 6.45) is 3.70. The first kappa shape index (κ1) is 18.3. The van der Waals surface area contributed by atoms with Crippen LogP contribution in [0, 0.1) is 6.92 Å². The van der Waals surface area contributed by atoms with Crippen LogP contribution in [0.2, 0.25) is 0 Å². The molecule has 0 unspecified atom stereocenters. The van der Waals surface area contributed by atoms with Gasteiger partial charge in [-0.3, -0.25) is 4.90 Å². The van der Waals surface area contributed by atoms with Crippen LogP contribution in [0.3, 0.4) is 0 Å². The first-order chi connectivity index (χ1) is 14.2. The molecule has 0 saturated carbocycles. The van der Waals surface area contributed by atoms with E-state index < -0.39 is 0 Å². The zero-order chi connectivity index (χ0) is 20.0. The molecular formula is C24H25NO4. The van der Waals surface area contributed by atoms with Crippen molar-refractivity contribution in [2.24, 2.45) is 0 Å². The second-order valence-electron chi connectivity index (χ2n) is 7.95. The van der Waals surface area contributed by atoms with Gasteiger partial charge in [0.1, 0.15) is 23.8 Å². The lowest BCUT2D eigenvalue weighted by molar-refractivity contribution is 0.0957. The highest BCUT2D eigenvalue weighted by atomic mass is 16.5. The number of methoxy groups -OCH3 is 1. The SMILES string of the molecule is COc1ccccc1CCN1COc2c(cc3c4c(c(=O)oc3c2C)CCC4)C1. The van der Waals surface area contributed by atoms with Crippen molar-refractivity contribution in [3.63, 3.8) is 0 Å². The summed E-state index contributed by atoms with van der Waals surface area (Å²) < 4.78 is 17.3. The zero-order valence-electron chi connectivity index (χ0n) is 16.9. The number of para-hydroxylation sites is 1. The van der Waals surface area contributed by atoms with E-state index in [1.165, 1.54) is 16.7 Å². The van der Waals surface area contributed by atoms with E-state index in [1.54, 1.807) is 7.11 Å². The molecule has 5 nitrogen and oxygen atoms in total. The number of ether oxygens (including phenoxy) is 2. The Bertz CT molecular complexity index is 1150. The van der Waals surface area contributed by atoms with Gasteiger partial charge in [0.15, 0.2) is 0 Å². The van der Waals surface area contributed by atoms with E-state index in [0.29, 0.717) is 12.3 Å². The van der Waals surface area contributed by atoms with Crippen LogP contribution in [0.15, 0.2) is 39.5 Å². The molecule has 2 aliphatic rings. The summed E-state index contributed by atoms with van der Waals surface area (Å²) in [4.78, 5) is 14.6. The van der Waals surface area contributed by atoms with Gasteiger partial charge in [-0.25, -0.2) is 4.79 Å². The molecule has 0 radical (unpaired) electrons. The molecule has 2 heterocycles. The highest BCUT2D eigenvalue weighted by Crippen LogP contribution is 2.38. The van der Waals surface area contributed by atoms with Crippen LogP contribution in [-0.4, -0.2) is 25.3 Å². The Labute approximate surface area is 169 Å². The highest BCUT2D eigenvalue weighted by molar-refractivity contribution is 5.87. The Morgan fingerprint density at radius 3 is 2.86 bits per heavy atom. The third-order valence-corrected chi connectivity index (χ3v) is 6.20. The second kappa shape index (κ2) is 7.23. The Morgan fingerprint density at radius 1 is 1.17 bits per heavy atom. The molecule has 0 saturated heterocycles. The number of benzene rings is 2. The molecule has 1 aliphatic heterocycles. The Balaban J connectivity index is 1.44. The van der Waals surface area contributed by atoms with E-state index in [2.05, 4.69) is 17.0 Å². The van der Waals surface area contributed by atoms with Gasteiger partial charge in [-0.05, 0) is 55.9 Å². The van der Waals surface area contributed by atoms with Crippen molar-refractivity contribution in [2.75, 3.05) is 20.4 Å². The van der Waals surface area contributed by atoms with Crippen molar-refractivity contribution in [1.29, 1.82) is 0 Å². The van der Waals surface area contributed by atoms with E-state index in [9.17, 15) is 4.79 Å². The van der Waals surface area contributed by atoms with E-state index in [4.69, 9.17) is 13.9 Å². The molecule has 1 aromatic heterocycles. The lowest BCUT2D eigenvalue weighted by Crippen LogP contribution is -2.34. The fourth-order valence-corrected chi connectivity index (χ4v) is 4.72. The molecule has 0 N–H and O–H groups in total. The third kappa shape index (κ3) is 3.10. The monoisotopic (exact) mass is 391 g/mol. The van der Waals surface area contributed by atoms with Crippen molar-refractivity contribution in [3.05, 3.63) is 68.6 Å². The number of hydrogen-bond donors (Lipinski definition) is 0. The molecule has 0 spiro atoms. The molecule has 29 heavy (non-hydrogen) atoms. The van der Waals surface area contributed by atoms with Crippen LogP contribution >= 0.6 is 0 Å². The molecule has 0 bridgehead atoms. The van der Waals surface area contributed by atoms with Gasteiger partial charge < -0.3 is 13.9 Å². The standard InChI is InChI=1S/C24H25NO4/c1-15-22-17(12-20-18-7-5-8-19(18)24(26)29-23(15)20)13-25(14-28-22)11-10-16-6-3-4-9-21(16)27-2/h3-4,6,9,12H,5,7-8,10-11,13-14H2,1-2H3. The smallest absolute Gasteiger partial charge is 0.339 e. The predicted octanol–water partition coefficient (Wildman–Crippen LogP) is 3.99. The van der Waals surface area contributed by atoms with Crippen LogP contribution in [-0.2, 0) is 25.8 Å². The van der Waals surface area contributed by atoms with Crippen molar-refractivity contribution in [3.8, 4) is 11.5 Å². The van der Waals surface area contributed by atoms with Crippen LogP contribution < -0.4 is 15.1 Å². The molecule has 2 aromatic carbocycles. The summed E-state index contributed by atoms with van der Waals surface area (Å²) in [5.74, 6) is 1.80. The van der Waals surface area contributed by atoms with Gasteiger partial charge in [0.25, 0.3) is 0 Å². The van der Waals surface area contributed by atoms with E-state index in [1.807, 2.05) is 25.1 Å². The molecule has 0 atom stereocenters. The van der Waals surface area contributed by atoms with Crippen LogP contribution in [0.1, 0.15) is 34.2 Å². The van der Waals surface area contributed by atoms with Gasteiger partial charge in [0.05, 0.1) is 7.11 Å². The molecule has 3 aromatic rings. The van der Waals surface area contributed by atoms with Crippen LogP contribution in [0.25, 0.3) is 11.0 Å². The zero-order valence-corrected chi connectivity index (χ0v) is 16.9. The van der Waals surface area contributed by atoms with Crippen LogP contribution in [0.4, 0.5) is 0 Å². The molecule has 1 aliphatic carbocycles. The molecule has 5 heteroatoms. The first-order valence-electron chi connectivity index (χ1n) is 10.2. The van der Waals surface area contributed by atoms with Crippen molar-refractivity contribution < 1.29 is 13.9 Å². The Kier molecular flexibility index (Phi) is 4.55. The van der Waals surface area contributed by atoms with Crippen LogP contribution in [0.5, 0.6) is 11.5 Å². The minimum absolute atomic E-state index is 0.178. The fourth-order valence-electron chi connectivity index (χ4n) is 4.72. The summed E-state index contributed by atoms with van der Waals surface area (Å²) in [5.41, 5.74) is 5.86. The third-order valence-electron chi connectivity index (χ3n) is 6.20. The van der Waals surface area contributed by atoms with Crippen molar-refractivity contribution >= 4 is 11.0 Å². The minimum atomic E-state index is -0.178. The Hall–Kier alpha value is -2.79. The summed E-state index contributed by atoms with van der Waals surface area (Å²) in [6, 6.07) is 10.3. The van der Waals surface area contributed by atoms with Gasteiger partial charge in [-0.1, -0.05) is 18.2 Å². The van der Waals surface area contributed by atoms with Gasteiger partial charge in [-0.2, -0.15) is 0 Å². The average molecular weight is 391 g/mol. The second-order valence-corrected chi connectivity index (χ2v) is 7.95. The maximum atomic E-state index is 12.3. The number of fused-ring (bicyclic) bond motifs is 4. The lowest BCUT2D eigenvalue weighted by atomic mass is 9.99. The minimum Gasteiger partial charge on any atom is -0.496 e. The van der Waals surface area contributed by atoms with Crippen molar-refractivity contribution in [2.45, 2.75) is 39.2 Å². The fraction of sp³-hybridized carbons (Fsp3) is 0.375. The normalized spacial score (nSPS) is 15.8. The molecular weight excluding hydrogens is 366 g/mol. The number of aryl methyl sites for hydroxylation is 2.